The molecule has 0 aliphatic carbocycles. The van der Waals surface area contributed by atoms with Crippen LogP contribution in [-0.4, -0.2) is 31.3 Å². The van der Waals surface area contributed by atoms with E-state index in [1.165, 1.54) is 18.2 Å². The van der Waals surface area contributed by atoms with Crippen LogP contribution in [0.2, 0.25) is 0 Å². The molecule has 8 heteroatoms. The maximum Gasteiger partial charge on any atom is 0.389 e. The van der Waals surface area contributed by atoms with Gasteiger partial charge >= 0.3 is 18.1 Å². The highest BCUT2D eigenvalue weighted by Gasteiger charge is 2.25. The molecule has 0 saturated carbocycles. The molecule has 0 aliphatic heterocycles. The molecule has 1 radical (unpaired) electrons. The number of carbonyl (C=O) groups is 2. The zero-order valence-corrected chi connectivity index (χ0v) is 18.1. The van der Waals surface area contributed by atoms with Crippen LogP contribution in [0.4, 0.5) is 13.2 Å². The first-order valence-electron chi connectivity index (χ1n) is 10.5. The van der Waals surface area contributed by atoms with Gasteiger partial charge in [-0.15, -0.1) is 0 Å². The third-order valence-electron chi connectivity index (χ3n) is 4.35. The Kier molecular flexibility index (Phi) is 10.5. The quantitative estimate of drug-likeness (QED) is 0.163. The van der Waals surface area contributed by atoms with Gasteiger partial charge in [0.15, 0.2) is 0 Å². The van der Waals surface area contributed by atoms with Crippen molar-refractivity contribution >= 4 is 18.0 Å². The van der Waals surface area contributed by atoms with Crippen molar-refractivity contribution in [1.82, 2.24) is 0 Å². The second-order valence-electron chi connectivity index (χ2n) is 7.11. The van der Waals surface area contributed by atoms with Gasteiger partial charge in [-0.1, -0.05) is 25.5 Å². The molecule has 0 atom stereocenters. The third kappa shape index (κ3) is 10.7. The molecule has 0 spiro atoms. The molecule has 0 N–H and O–H groups in total. The van der Waals surface area contributed by atoms with E-state index >= 15 is 0 Å². The first-order valence-corrected chi connectivity index (χ1v) is 10.5. The fourth-order valence-electron chi connectivity index (χ4n) is 2.60. The van der Waals surface area contributed by atoms with Crippen molar-refractivity contribution < 1.29 is 37.0 Å². The molecule has 0 fully saturated rings. The Labute approximate surface area is 191 Å². The Balaban J connectivity index is 1.78. The van der Waals surface area contributed by atoms with Crippen molar-refractivity contribution in [3.8, 4) is 11.5 Å². The monoisotopic (exact) mass is 463 g/mol. The van der Waals surface area contributed by atoms with Crippen molar-refractivity contribution in [2.24, 2.45) is 0 Å². The smallest absolute Gasteiger partial charge is 0.389 e. The van der Waals surface area contributed by atoms with Crippen molar-refractivity contribution in [3.63, 3.8) is 0 Å². The highest BCUT2D eigenvalue weighted by Crippen LogP contribution is 2.22. The summed E-state index contributed by atoms with van der Waals surface area (Å²) in [6.07, 6.45) is -0.370. The van der Waals surface area contributed by atoms with E-state index in [9.17, 15) is 22.8 Å². The van der Waals surface area contributed by atoms with Crippen LogP contribution in [0, 0.1) is 6.92 Å². The molecule has 0 aromatic heterocycles. The predicted molar refractivity (Wildman–Crippen MR) is 118 cm³/mol. The van der Waals surface area contributed by atoms with E-state index in [1.807, 2.05) is 0 Å². The number of unbranched alkanes of at least 4 members (excludes halogenated alkanes) is 2. The molecule has 33 heavy (non-hydrogen) atoms. The first kappa shape index (κ1) is 26.0. The fraction of sp³-hybridized carbons (Fsp3) is 0.320. The summed E-state index contributed by atoms with van der Waals surface area (Å²) in [4.78, 5) is 23.9. The van der Waals surface area contributed by atoms with E-state index in [4.69, 9.17) is 14.2 Å². The number of hydrogen-bond acceptors (Lipinski definition) is 5. The number of rotatable bonds is 12. The van der Waals surface area contributed by atoms with Gasteiger partial charge in [-0.25, -0.2) is 9.59 Å². The number of halogens is 3. The second-order valence-corrected chi connectivity index (χ2v) is 7.11. The Hall–Kier alpha value is -3.29. The van der Waals surface area contributed by atoms with Crippen molar-refractivity contribution in [3.05, 3.63) is 72.7 Å². The average Bonchev–Trinajstić information content (AvgIpc) is 2.78. The maximum absolute atomic E-state index is 12.3. The Morgan fingerprint density at radius 1 is 0.879 bits per heavy atom. The van der Waals surface area contributed by atoms with Crippen LogP contribution in [0.15, 0.2) is 54.6 Å². The topological polar surface area (TPSA) is 61.8 Å². The van der Waals surface area contributed by atoms with Crippen LogP contribution in [-0.2, 0) is 9.53 Å². The van der Waals surface area contributed by atoms with E-state index in [0.29, 0.717) is 36.5 Å². The molecular formula is C25H26F3O5. The van der Waals surface area contributed by atoms with Gasteiger partial charge in [0.25, 0.3) is 0 Å². The van der Waals surface area contributed by atoms with Crippen LogP contribution in [0.5, 0.6) is 11.5 Å². The van der Waals surface area contributed by atoms with Crippen molar-refractivity contribution in [1.29, 1.82) is 0 Å². The molecular weight excluding hydrogens is 437 g/mol. The molecule has 5 nitrogen and oxygen atoms in total. The van der Waals surface area contributed by atoms with Crippen molar-refractivity contribution in [2.75, 3.05) is 13.2 Å². The lowest BCUT2D eigenvalue weighted by Crippen LogP contribution is -2.09. The van der Waals surface area contributed by atoms with Crippen LogP contribution in [0.1, 0.15) is 48.0 Å². The third-order valence-corrected chi connectivity index (χ3v) is 4.35. The molecule has 2 aromatic carbocycles. The summed E-state index contributed by atoms with van der Waals surface area (Å²) in [5, 5.41) is 0. The van der Waals surface area contributed by atoms with Gasteiger partial charge in [-0.3, -0.25) is 0 Å². The zero-order chi connectivity index (χ0) is 24.1. The van der Waals surface area contributed by atoms with Crippen LogP contribution in [0.25, 0.3) is 6.08 Å². The lowest BCUT2D eigenvalue weighted by molar-refractivity contribution is -0.138. The predicted octanol–water partition coefficient (Wildman–Crippen LogP) is 6.19. The van der Waals surface area contributed by atoms with Gasteiger partial charge in [0.1, 0.15) is 11.5 Å². The Bertz CT molecular complexity index is 903. The zero-order valence-electron chi connectivity index (χ0n) is 18.1. The SMILES string of the molecule is [CH2]CCCOC(=O)/C=C/c1ccc(OC(=O)c2ccc(OCCCCC(F)(F)F)cc2)cc1. The number of hydrogen-bond donors (Lipinski definition) is 0. The number of ether oxygens (including phenoxy) is 3. The van der Waals surface area contributed by atoms with Crippen molar-refractivity contribution in [2.45, 2.75) is 38.3 Å². The first-order chi connectivity index (χ1) is 15.8. The van der Waals surface area contributed by atoms with Gasteiger partial charge in [0, 0.05) is 12.5 Å². The average molecular weight is 463 g/mol. The summed E-state index contributed by atoms with van der Waals surface area (Å²) in [7, 11) is 0. The molecule has 177 valence electrons. The molecule has 0 unspecified atom stereocenters. The molecule has 0 aliphatic rings. The summed E-state index contributed by atoms with van der Waals surface area (Å²) in [6.45, 7) is 4.16. The molecule has 2 aromatic rings. The van der Waals surface area contributed by atoms with Gasteiger partial charge < -0.3 is 14.2 Å². The van der Waals surface area contributed by atoms with E-state index in [0.717, 1.165) is 5.56 Å². The lowest BCUT2D eigenvalue weighted by atomic mass is 10.2. The fourth-order valence-corrected chi connectivity index (χ4v) is 2.60. The molecule has 2 rings (SSSR count). The Morgan fingerprint density at radius 2 is 1.55 bits per heavy atom. The van der Waals surface area contributed by atoms with Crippen LogP contribution >= 0.6 is 0 Å². The van der Waals surface area contributed by atoms with Crippen LogP contribution < -0.4 is 9.47 Å². The normalized spacial score (nSPS) is 11.4. The van der Waals surface area contributed by atoms with Gasteiger partial charge in [0.05, 0.1) is 18.8 Å². The van der Waals surface area contributed by atoms with Gasteiger partial charge in [-0.05, 0) is 67.3 Å². The summed E-state index contributed by atoms with van der Waals surface area (Å²) < 4.78 is 52.0. The van der Waals surface area contributed by atoms with E-state index < -0.39 is 24.5 Å². The Morgan fingerprint density at radius 3 is 2.18 bits per heavy atom. The molecule has 0 saturated heterocycles. The minimum absolute atomic E-state index is 0.00342. The minimum Gasteiger partial charge on any atom is -0.494 e. The van der Waals surface area contributed by atoms with Gasteiger partial charge in [-0.2, -0.15) is 13.2 Å². The highest BCUT2D eigenvalue weighted by molar-refractivity contribution is 5.91. The number of esters is 2. The minimum atomic E-state index is -4.15. The second kappa shape index (κ2) is 13.3. The number of benzene rings is 2. The summed E-state index contributed by atoms with van der Waals surface area (Å²) in [5.41, 5.74) is 1.04. The summed E-state index contributed by atoms with van der Waals surface area (Å²) in [5.74, 6) is -0.212. The largest absolute Gasteiger partial charge is 0.494 e. The maximum atomic E-state index is 12.3. The highest BCUT2D eigenvalue weighted by atomic mass is 19.4. The van der Waals surface area contributed by atoms with E-state index in [1.54, 1.807) is 42.5 Å². The molecule has 0 bridgehead atoms. The summed E-state index contributed by atoms with van der Waals surface area (Å²) in [6, 6.07) is 12.7. The van der Waals surface area contributed by atoms with Crippen LogP contribution in [0.3, 0.4) is 0 Å². The molecule has 0 amide bonds. The van der Waals surface area contributed by atoms with E-state index in [2.05, 4.69) is 6.92 Å². The van der Waals surface area contributed by atoms with Gasteiger partial charge in [0.2, 0.25) is 0 Å². The standard InChI is InChI=1S/C25H26F3O5/c1-2-3-17-32-23(29)15-8-19-6-11-22(12-7-19)33-24(30)20-9-13-21(14-10-20)31-18-5-4-16-25(26,27)28/h6-15H,1-5,16-18H2/b15-8+. The summed E-state index contributed by atoms with van der Waals surface area (Å²) >= 11 is 0. The number of carbonyl (C=O) groups excluding carboxylic acids is 2. The van der Waals surface area contributed by atoms with E-state index in [-0.39, 0.29) is 19.4 Å². The molecule has 0 heterocycles. The number of alkyl halides is 3. The lowest BCUT2D eigenvalue weighted by Gasteiger charge is -2.09.